The fraction of sp³-hybridized carbons (Fsp3) is 0.200. The van der Waals surface area contributed by atoms with Crippen molar-refractivity contribution in [3.63, 3.8) is 0 Å². The second kappa shape index (κ2) is 12.9. The first-order valence-electron chi connectivity index (χ1n) is 14.9. The second-order valence-electron chi connectivity index (χ2n) is 10.9. The lowest BCUT2D eigenvalue weighted by Gasteiger charge is -2.26. The third kappa shape index (κ3) is 5.92. The number of ether oxygens (including phenoxy) is 2. The van der Waals surface area contributed by atoms with Crippen LogP contribution in [0.3, 0.4) is 0 Å². The Bertz CT molecular complexity index is 1690. The van der Waals surface area contributed by atoms with Gasteiger partial charge in [0.1, 0.15) is 42.6 Å². The first-order chi connectivity index (χ1) is 22.2. The van der Waals surface area contributed by atoms with Crippen molar-refractivity contribution in [3.05, 3.63) is 121 Å². The first-order valence-corrected chi connectivity index (χ1v) is 14.9. The molecule has 3 heterocycles. The van der Waals surface area contributed by atoms with Gasteiger partial charge >= 0.3 is 0 Å². The summed E-state index contributed by atoms with van der Waals surface area (Å²) in [4.78, 5) is 0. The quantitative estimate of drug-likeness (QED) is 0.258. The van der Waals surface area contributed by atoms with E-state index in [-0.39, 0.29) is 19.9 Å². The molecular formula is C35H32N6O4. The monoisotopic (exact) mass is 600 g/mol. The van der Waals surface area contributed by atoms with Crippen molar-refractivity contribution in [1.82, 2.24) is 30.0 Å². The molecule has 0 amide bonds. The normalized spacial score (nSPS) is 20.1. The maximum Gasteiger partial charge on any atom is 0.147 e. The van der Waals surface area contributed by atoms with Gasteiger partial charge in [-0.25, -0.2) is 9.36 Å². The van der Waals surface area contributed by atoms with Gasteiger partial charge in [0.2, 0.25) is 0 Å². The van der Waals surface area contributed by atoms with E-state index in [1.54, 1.807) is 9.36 Å². The maximum atomic E-state index is 11.4. The molecule has 45 heavy (non-hydrogen) atoms. The third-order valence-electron chi connectivity index (χ3n) is 8.04. The molecule has 0 saturated carbocycles. The van der Waals surface area contributed by atoms with E-state index in [1.165, 1.54) is 0 Å². The molecule has 6 aromatic rings. The number of aliphatic hydroxyl groups excluding tert-OH is 2. The molecule has 1 fully saturated rings. The van der Waals surface area contributed by atoms with Crippen molar-refractivity contribution in [3.8, 4) is 45.0 Å². The van der Waals surface area contributed by atoms with Crippen LogP contribution in [-0.2, 0) is 22.6 Å². The summed E-state index contributed by atoms with van der Waals surface area (Å²) in [5.41, 5.74) is 6.70. The zero-order valence-electron chi connectivity index (χ0n) is 24.4. The van der Waals surface area contributed by atoms with Gasteiger partial charge in [-0.15, -0.1) is 10.2 Å². The molecule has 4 atom stereocenters. The Labute approximate surface area is 260 Å². The van der Waals surface area contributed by atoms with E-state index < -0.39 is 24.4 Å². The summed E-state index contributed by atoms with van der Waals surface area (Å²) in [5, 5.41) is 40.7. The molecule has 7 rings (SSSR count). The fourth-order valence-corrected chi connectivity index (χ4v) is 5.74. The van der Waals surface area contributed by atoms with E-state index in [9.17, 15) is 10.2 Å². The van der Waals surface area contributed by atoms with Crippen molar-refractivity contribution in [2.24, 2.45) is 0 Å². The molecule has 10 nitrogen and oxygen atoms in total. The topological polar surface area (TPSA) is 120 Å². The SMILES string of the molecule is OC1C(Cn2nnc(-c3ccccc3)c2-c2ccccc2)OCOC(Cn2nnc(-c3ccccc3)c2-c2ccccc2)C1O. The van der Waals surface area contributed by atoms with Gasteiger partial charge in [0.25, 0.3) is 0 Å². The molecule has 4 aromatic carbocycles. The van der Waals surface area contributed by atoms with Crippen LogP contribution in [0.4, 0.5) is 0 Å². The highest BCUT2D eigenvalue weighted by molar-refractivity contribution is 5.78. The van der Waals surface area contributed by atoms with Gasteiger partial charge in [-0.1, -0.05) is 132 Å². The number of aromatic nitrogens is 6. The van der Waals surface area contributed by atoms with E-state index in [0.29, 0.717) is 11.4 Å². The molecule has 4 unspecified atom stereocenters. The minimum atomic E-state index is -1.28. The average molecular weight is 601 g/mol. The van der Waals surface area contributed by atoms with E-state index in [4.69, 9.17) is 9.47 Å². The number of aliphatic hydroxyl groups is 2. The molecule has 2 N–H and O–H groups in total. The Hall–Kier alpha value is -5.00. The van der Waals surface area contributed by atoms with E-state index >= 15 is 0 Å². The van der Waals surface area contributed by atoms with Gasteiger partial charge in [-0.05, 0) is 0 Å². The molecule has 1 saturated heterocycles. The second-order valence-corrected chi connectivity index (χ2v) is 10.9. The highest BCUT2D eigenvalue weighted by atomic mass is 16.7. The number of hydrogen-bond acceptors (Lipinski definition) is 8. The van der Waals surface area contributed by atoms with Crippen molar-refractivity contribution >= 4 is 0 Å². The van der Waals surface area contributed by atoms with Crippen LogP contribution >= 0.6 is 0 Å². The zero-order chi connectivity index (χ0) is 30.6. The van der Waals surface area contributed by atoms with Crippen LogP contribution in [0.2, 0.25) is 0 Å². The molecule has 10 heteroatoms. The average Bonchev–Trinajstić information content (AvgIpc) is 3.69. The lowest BCUT2D eigenvalue weighted by atomic mass is 10.0. The number of rotatable bonds is 8. The van der Waals surface area contributed by atoms with Crippen molar-refractivity contribution in [2.45, 2.75) is 37.5 Å². The van der Waals surface area contributed by atoms with Crippen LogP contribution in [0.15, 0.2) is 121 Å². The molecule has 0 bridgehead atoms. The molecular weight excluding hydrogens is 568 g/mol. The molecule has 0 radical (unpaired) electrons. The van der Waals surface area contributed by atoms with E-state index in [0.717, 1.165) is 33.6 Å². The fourth-order valence-electron chi connectivity index (χ4n) is 5.74. The summed E-state index contributed by atoms with van der Waals surface area (Å²) in [6, 6.07) is 39.4. The minimum Gasteiger partial charge on any atom is -0.388 e. The highest BCUT2D eigenvalue weighted by Crippen LogP contribution is 2.33. The number of benzene rings is 4. The first kappa shape index (κ1) is 28.8. The van der Waals surface area contributed by atoms with E-state index in [1.807, 2.05) is 121 Å². The summed E-state index contributed by atoms with van der Waals surface area (Å²) in [6.45, 7) is 0.162. The number of hydrogen-bond donors (Lipinski definition) is 2. The Balaban J connectivity index is 1.16. The summed E-state index contributed by atoms with van der Waals surface area (Å²) in [7, 11) is 0. The zero-order valence-corrected chi connectivity index (χ0v) is 24.4. The van der Waals surface area contributed by atoms with Crippen LogP contribution < -0.4 is 0 Å². The van der Waals surface area contributed by atoms with Crippen LogP contribution in [0, 0.1) is 0 Å². The molecule has 1 aliphatic rings. The van der Waals surface area contributed by atoms with Gasteiger partial charge in [0.15, 0.2) is 0 Å². The molecule has 1 aliphatic heterocycles. The smallest absolute Gasteiger partial charge is 0.147 e. The van der Waals surface area contributed by atoms with Crippen LogP contribution in [0.5, 0.6) is 0 Å². The standard InChI is InChI=1S/C35H32N6O4/c42-34-28(21-40-32(26-17-9-3-10-18-26)30(36-38-40)24-13-5-1-6-14-24)44-23-45-29(35(34)43)22-41-33(27-19-11-4-12-20-27)31(37-39-41)25-15-7-2-8-16-25/h1-20,28-29,34-35,42-43H,21-23H2. The summed E-state index contributed by atoms with van der Waals surface area (Å²) < 4.78 is 15.4. The van der Waals surface area contributed by atoms with Crippen molar-refractivity contribution in [1.29, 1.82) is 0 Å². The Kier molecular flexibility index (Phi) is 8.26. The van der Waals surface area contributed by atoms with Crippen LogP contribution in [0.1, 0.15) is 0 Å². The van der Waals surface area contributed by atoms with Crippen LogP contribution in [-0.4, -0.2) is 71.4 Å². The largest absolute Gasteiger partial charge is 0.388 e. The van der Waals surface area contributed by atoms with Crippen molar-refractivity contribution < 1.29 is 19.7 Å². The predicted octanol–water partition coefficient (Wildman–Crippen LogP) is 4.70. The highest BCUT2D eigenvalue weighted by Gasteiger charge is 2.38. The summed E-state index contributed by atoms with van der Waals surface area (Å²) >= 11 is 0. The lowest BCUT2D eigenvalue weighted by molar-refractivity contribution is -0.113. The summed E-state index contributed by atoms with van der Waals surface area (Å²) in [5.74, 6) is 0. The molecule has 226 valence electrons. The third-order valence-corrected chi connectivity index (χ3v) is 8.04. The van der Waals surface area contributed by atoms with Crippen LogP contribution in [0.25, 0.3) is 45.0 Å². The van der Waals surface area contributed by atoms with E-state index in [2.05, 4.69) is 20.6 Å². The Morgan fingerprint density at radius 1 is 0.511 bits per heavy atom. The summed E-state index contributed by atoms with van der Waals surface area (Å²) in [6.07, 6.45) is -4.19. The molecule has 0 spiro atoms. The number of nitrogens with zero attached hydrogens (tertiary/aromatic N) is 6. The van der Waals surface area contributed by atoms with Crippen molar-refractivity contribution in [2.75, 3.05) is 6.79 Å². The van der Waals surface area contributed by atoms with Gasteiger partial charge in [0.05, 0.1) is 24.5 Å². The van der Waals surface area contributed by atoms with Gasteiger partial charge in [-0.3, -0.25) is 0 Å². The van der Waals surface area contributed by atoms with Gasteiger partial charge in [-0.2, -0.15) is 0 Å². The molecule has 0 aliphatic carbocycles. The Morgan fingerprint density at radius 3 is 1.20 bits per heavy atom. The van der Waals surface area contributed by atoms with Gasteiger partial charge < -0.3 is 19.7 Å². The minimum absolute atomic E-state index is 0.134. The predicted molar refractivity (Wildman–Crippen MR) is 168 cm³/mol. The molecule has 2 aromatic heterocycles. The Morgan fingerprint density at radius 2 is 0.844 bits per heavy atom. The lowest BCUT2D eigenvalue weighted by Crippen LogP contribution is -2.46. The maximum absolute atomic E-state index is 11.4. The van der Waals surface area contributed by atoms with Gasteiger partial charge in [0, 0.05) is 22.3 Å².